The first-order valence-electron chi connectivity index (χ1n) is 8.70. The summed E-state index contributed by atoms with van der Waals surface area (Å²) in [6.07, 6.45) is -2.73. The molecule has 1 aliphatic carbocycles. The number of esters is 1. The lowest BCUT2D eigenvalue weighted by Gasteiger charge is -2.28. The molecule has 170 valence electrons. The number of nitrogens with two attached hydrogens (primary N) is 3. The van der Waals surface area contributed by atoms with Crippen molar-refractivity contribution < 1.29 is 38.8 Å². The maximum absolute atomic E-state index is 11.8. The first-order valence-corrected chi connectivity index (χ1v) is 11.2. The Balaban J connectivity index is 2.15. The van der Waals surface area contributed by atoms with Crippen molar-refractivity contribution in [3.8, 4) is 0 Å². The van der Waals surface area contributed by atoms with Gasteiger partial charge in [0.1, 0.15) is 11.8 Å². The molecule has 1 unspecified atom stereocenters. The molecule has 1 aromatic heterocycles. The highest BCUT2D eigenvalue weighted by Crippen LogP contribution is 2.43. The number of nitrogen functional groups attached to an aromatic ring is 2. The van der Waals surface area contributed by atoms with Gasteiger partial charge < -0.3 is 40.9 Å². The number of ether oxygens (including phenoxy) is 2. The Morgan fingerprint density at radius 3 is 2.53 bits per heavy atom. The summed E-state index contributed by atoms with van der Waals surface area (Å²) < 4.78 is 21.3. The van der Waals surface area contributed by atoms with E-state index < -0.39 is 50.2 Å². The molecule has 5 atom stereocenters. The van der Waals surface area contributed by atoms with Crippen LogP contribution in [0.5, 0.6) is 0 Å². The molecule has 30 heavy (non-hydrogen) atoms. The number of aliphatic hydroxyl groups excluding tert-OH is 2. The lowest BCUT2D eigenvalue weighted by Crippen LogP contribution is -2.48. The van der Waals surface area contributed by atoms with Crippen LogP contribution in [0.25, 0.3) is 0 Å². The molecule has 10 N–H and O–H groups in total. The van der Waals surface area contributed by atoms with Crippen LogP contribution in [0.1, 0.15) is 13.3 Å². The van der Waals surface area contributed by atoms with Crippen LogP contribution in [0.2, 0.25) is 0 Å². The number of halogens is 1. The maximum atomic E-state index is 11.8. The van der Waals surface area contributed by atoms with E-state index >= 15 is 0 Å². The lowest BCUT2D eigenvalue weighted by molar-refractivity contribution is -0.153. The summed E-state index contributed by atoms with van der Waals surface area (Å²) in [6, 6.07) is -0.895. The highest BCUT2D eigenvalue weighted by atomic mass is 79.9. The third-order valence-electron chi connectivity index (χ3n) is 4.56. The number of hydrogen-bond donors (Lipinski definition) is 7. The van der Waals surface area contributed by atoms with Crippen molar-refractivity contribution in [2.45, 2.75) is 37.4 Å². The van der Waals surface area contributed by atoms with E-state index in [1.165, 1.54) is 6.92 Å². The van der Waals surface area contributed by atoms with Crippen LogP contribution in [0.4, 0.5) is 17.3 Å². The fourth-order valence-corrected chi connectivity index (χ4v) is 4.06. The average Bonchev–Trinajstić information content (AvgIpc) is 2.92. The summed E-state index contributed by atoms with van der Waals surface area (Å²) in [5.41, 5.74) is 11.5. The molecule has 1 heterocycles. The third kappa shape index (κ3) is 5.36. The predicted octanol–water partition coefficient (Wildman–Crippen LogP) is -1.72. The molecule has 0 spiro atoms. The van der Waals surface area contributed by atoms with Gasteiger partial charge in [-0.15, -0.1) is 0 Å². The summed E-state index contributed by atoms with van der Waals surface area (Å²) >= 11 is 3.06. The Bertz CT molecular complexity index is 828. The molecular weight excluding hydrogens is 491 g/mol. The van der Waals surface area contributed by atoms with Crippen molar-refractivity contribution >= 4 is 46.8 Å². The SMILES string of the molecule is CCOC(=O)C(OC[C@H]1C[C@@H](N(N)c2nc(Br)nc(N)c2N)[C@H](O)[C@@H]1O)P(=O)(O)O. The molecule has 14 nitrogen and oxygen atoms in total. The number of nitrogens with zero attached hydrogens (tertiary/aromatic N) is 3. The van der Waals surface area contributed by atoms with Gasteiger partial charge in [-0.2, -0.15) is 0 Å². The molecule has 2 rings (SSSR count). The van der Waals surface area contributed by atoms with Crippen molar-refractivity contribution in [3.05, 3.63) is 4.73 Å². The average molecular weight is 515 g/mol. The molecule has 0 saturated heterocycles. The topological polar surface area (TPSA) is 241 Å². The van der Waals surface area contributed by atoms with Crippen molar-refractivity contribution in [3.63, 3.8) is 0 Å². The monoisotopic (exact) mass is 514 g/mol. The van der Waals surface area contributed by atoms with E-state index in [9.17, 15) is 29.4 Å². The molecule has 0 aliphatic heterocycles. The minimum Gasteiger partial charge on any atom is -0.464 e. The van der Waals surface area contributed by atoms with Crippen LogP contribution in [0.15, 0.2) is 4.73 Å². The third-order valence-corrected chi connectivity index (χ3v) is 5.89. The van der Waals surface area contributed by atoms with Crippen LogP contribution in [-0.2, 0) is 18.8 Å². The zero-order valence-corrected chi connectivity index (χ0v) is 18.3. The number of carbonyl (C=O) groups is 1. The zero-order chi connectivity index (χ0) is 22.8. The van der Waals surface area contributed by atoms with Crippen LogP contribution < -0.4 is 22.3 Å². The minimum absolute atomic E-state index is 0.00631. The predicted molar refractivity (Wildman–Crippen MR) is 108 cm³/mol. The Labute approximate surface area is 179 Å². The normalized spacial score (nSPS) is 25.2. The summed E-state index contributed by atoms with van der Waals surface area (Å²) in [5.74, 6) is 1.80. The zero-order valence-electron chi connectivity index (χ0n) is 15.8. The lowest BCUT2D eigenvalue weighted by atomic mass is 10.1. The first kappa shape index (κ1) is 24.7. The Kier molecular flexibility index (Phi) is 7.98. The van der Waals surface area contributed by atoms with Gasteiger partial charge in [0.15, 0.2) is 11.6 Å². The number of anilines is 3. The van der Waals surface area contributed by atoms with Crippen molar-refractivity contribution in [2.75, 3.05) is 29.7 Å². The van der Waals surface area contributed by atoms with Gasteiger partial charge in [0, 0.05) is 5.92 Å². The van der Waals surface area contributed by atoms with Crippen LogP contribution >= 0.6 is 23.5 Å². The smallest absolute Gasteiger partial charge is 0.365 e. The molecule has 1 aliphatic rings. The highest BCUT2D eigenvalue weighted by Gasteiger charge is 2.46. The largest absolute Gasteiger partial charge is 0.464 e. The highest BCUT2D eigenvalue weighted by molar-refractivity contribution is 9.10. The summed E-state index contributed by atoms with van der Waals surface area (Å²) in [6.45, 7) is 0.908. The molecule has 16 heteroatoms. The fourth-order valence-electron chi connectivity index (χ4n) is 3.07. The summed E-state index contributed by atoms with van der Waals surface area (Å²) in [5, 5.41) is 21.8. The second-order valence-corrected chi connectivity index (χ2v) is 8.95. The summed E-state index contributed by atoms with van der Waals surface area (Å²) in [4.78, 5) is 38.3. The van der Waals surface area contributed by atoms with Gasteiger partial charge in [0.2, 0.25) is 4.73 Å². The van der Waals surface area contributed by atoms with E-state index in [4.69, 9.17) is 22.0 Å². The number of aromatic nitrogens is 2. The number of carbonyl (C=O) groups excluding carboxylic acids is 1. The van der Waals surface area contributed by atoms with Gasteiger partial charge in [-0.05, 0) is 29.3 Å². The molecule has 0 bridgehead atoms. The Morgan fingerprint density at radius 1 is 1.33 bits per heavy atom. The molecule has 0 amide bonds. The van der Waals surface area contributed by atoms with E-state index in [1.54, 1.807) is 0 Å². The second-order valence-electron chi connectivity index (χ2n) is 6.59. The van der Waals surface area contributed by atoms with Gasteiger partial charge in [-0.3, -0.25) is 9.57 Å². The number of rotatable bonds is 8. The van der Waals surface area contributed by atoms with Gasteiger partial charge >= 0.3 is 13.6 Å². The molecule has 1 aromatic rings. The Hall–Kier alpha value is -1.58. The quantitative estimate of drug-likeness (QED) is 0.0670. The maximum Gasteiger partial charge on any atom is 0.365 e. The Morgan fingerprint density at radius 2 is 1.97 bits per heavy atom. The van der Waals surface area contributed by atoms with E-state index in [0.29, 0.717) is 0 Å². The standard InChI is InChI=1S/C14H24BrN6O8P/c1-2-28-12(24)13(30(25,26)27)29-4-5-3-6(9(23)8(5)22)21(18)11-7(16)10(17)19-14(15)20-11/h5-6,8-9,13,22-23H,2-4,16,18H2,1H3,(H2,17,19,20)(H2,25,26,27)/t5-,6-,8-,9+,13?/m1/s1. The van der Waals surface area contributed by atoms with E-state index in [0.717, 1.165) is 5.01 Å². The van der Waals surface area contributed by atoms with Gasteiger partial charge in [-0.1, -0.05) is 0 Å². The van der Waals surface area contributed by atoms with Gasteiger partial charge in [0.25, 0.3) is 5.85 Å². The molecule has 0 aromatic carbocycles. The molecule has 0 radical (unpaired) electrons. The second kappa shape index (κ2) is 9.70. The number of hydrogen-bond acceptors (Lipinski definition) is 12. The fraction of sp³-hybridized carbons (Fsp3) is 0.643. The van der Waals surface area contributed by atoms with Gasteiger partial charge in [0.05, 0.1) is 25.4 Å². The van der Waals surface area contributed by atoms with Crippen molar-refractivity contribution in [1.29, 1.82) is 0 Å². The minimum atomic E-state index is -4.98. The van der Waals surface area contributed by atoms with E-state index in [-0.39, 0.29) is 35.1 Å². The summed E-state index contributed by atoms with van der Waals surface area (Å²) in [7, 11) is -4.98. The van der Waals surface area contributed by atoms with E-state index in [2.05, 4.69) is 30.6 Å². The molecule has 1 fully saturated rings. The number of hydrazine groups is 1. The van der Waals surface area contributed by atoms with Crippen LogP contribution in [-0.4, -0.2) is 73.2 Å². The van der Waals surface area contributed by atoms with Crippen LogP contribution in [0, 0.1) is 5.92 Å². The molecular formula is C14H24BrN6O8P. The molecule has 1 saturated carbocycles. The number of aliphatic hydroxyl groups is 2. The van der Waals surface area contributed by atoms with E-state index in [1.807, 2.05) is 0 Å². The van der Waals surface area contributed by atoms with Crippen LogP contribution in [0.3, 0.4) is 0 Å². The van der Waals surface area contributed by atoms with Gasteiger partial charge in [-0.25, -0.2) is 20.6 Å². The first-order chi connectivity index (χ1) is 13.9. The van der Waals surface area contributed by atoms with Crippen molar-refractivity contribution in [2.24, 2.45) is 11.8 Å². The van der Waals surface area contributed by atoms with Crippen molar-refractivity contribution in [1.82, 2.24) is 9.97 Å².